The van der Waals surface area contributed by atoms with Gasteiger partial charge < -0.3 is 15.4 Å². The molecule has 1 heterocycles. The molecule has 0 aromatic heterocycles. The first-order valence-electron chi connectivity index (χ1n) is 10.6. The maximum absolute atomic E-state index is 13.4. The molecular formula is C25H23F3N2O3. The number of ether oxygens (including phenoxy) is 1. The molecule has 2 N–H and O–H groups in total. The molecule has 2 aliphatic rings. The van der Waals surface area contributed by atoms with Gasteiger partial charge in [0.2, 0.25) is 0 Å². The summed E-state index contributed by atoms with van der Waals surface area (Å²) in [6.07, 6.45) is -2.75. The number of dihydropyridines is 1. The largest absolute Gasteiger partial charge is 0.497 e. The van der Waals surface area contributed by atoms with Crippen molar-refractivity contribution in [3.8, 4) is 5.75 Å². The van der Waals surface area contributed by atoms with Crippen LogP contribution in [0.4, 0.5) is 18.9 Å². The molecule has 1 aliphatic heterocycles. The van der Waals surface area contributed by atoms with Gasteiger partial charge in [-0.1, -0.05) is 18.2 Å². The van der Waals surface area contributed by atoms with Gasteiger partial charge in [-0.25, -0.2) is 0 Å². The Morgan fingerprint density at radius 3 is 2.61 bits per heavy atom. The van der Waals surface area contributed by atoms with Crippen LogP contribution in [0.1, 0.15) is 43.2 Å². The van der Waals surface area contributed by atoms with E-state index in [1.807, 2.05) is 6.07 Å². The Balaban J connectivity index is 1.76. The number of anilines is 1. The molecule has 1 aliphatic carbocycles. The second-order valence-electron chi connectivity index (χ2n) is 8.07. The first kappa shape index (κ1) is 22.6. The summed E-state index contributed by atoms with van der Waals surface area (Å²) in [5, 5.41) is 5.79. The third-order valence-corrected chi connectivity index (χ3v) is 5.90. The Labute approximate surface area is 189 Å². The predicted octanol–water partition coefficient (Wildman–Crippen LogP) is 5.32. The van der Waals surface area contributed by atoms with E-state index in [1.54, 1.807) is 25.1 Å². The highest BCUT2D eigenvalue weighted by atomic mass is 19.4. The fourth-order valence-electron chi connectivity index (χ4n) is 4.41. The number of allylic oxidation sites excluding steroid dienone is 3. The first-order chi connectivity index (χ1) is 15.7. The van der Waals surface area contributed by atoms with Crippen molar-refractivity contribution < 1.29 is 27.5 Å². The van der Waals surface area contributed by atoms with Crippen molar-refractivity contribution in [1.82, 2.24) is 5.32 Å². The minimum atomic E-state index is -4.53. The summed E-state index contributed by atoms with van der Waals surface area (Å²) in [4.78, 5) is 26.3. The van der Waals surface area contributed by atoms with Gasteiger partial charge in [0, 0.05) is 40.6 Å². The summed E-state index contributed by atoms with van der Waals surface area (Å²) in [6, 6.07) is 11.6. The molecule has 0 bridgehead atoms. The molecule has 0 fully saturated rings. The topological polar surface area (TPSA) is 67.4 Å². The summed E-state index contributed by atoms with van der Waals surface area (Å²) in [5.41, 5.74) is 2.02. The Kier molecular flexibility index (Phi) is 6.01. The molecule has 5 nitrogen and oxygen atoms in total. The summed E-state index contributed by atoms with van der Waals surface area (Å²) in [5.74, 6) is -0.702. The molecule has 0 saturated heterocycles. The normalized spacial score (nSPS) is 18.6. The van der Waals surface area contributed by atoms with Gasteiger partial charge in [-0.2, -0.15) is 13.2 Å². The van der Waals surface area contributed by atoms with Gasteiger partial charge in [0.1, 0.15) is 5.75 Å². The molecule has 1 atom stereocenters. The van der Waals surface area contributed by atoms with Crippen LogP contribution in [0.25, 0.3) is 0 Å². The van der Waals surface area contributed by atoms with Gasteiger partial charge in [-0.3, -0.25) is 9.59 Å². The van der Waals surface area contributed by atoms with Crippen molar-refractivity contribution in [3.05, 3.63) is 82.2 Å². The molecule has 2 aromatic rings. The van der Waals surface area contributed by atoms with Crippen LogP contribution in [-0.2, 0) is 15.8 Å². The third kappa shape index (κ3) is 4.51. The minimum absolute atomic E-state index is 0.0225. The number of methoxy groups -OCH3 is 1. The van der Waals surface area contributed by atoms with Crippen LogP contribution in [0, 0.1) is 0 Å². The molecule has 172 valence electrons. The average Bonchev–Trinajstić information content (AvgIpc) is 2.78. The van der Waals surface area contributed by atoms with E-state index in [0.717, 1.165) is 17.8 Å². The van der Waals surface area contributed by atoms with E-state index >= 15 is 0 Å². The lowest BCUT2D eigenvalue weighted by molar-refractivity contribution is -0.137. The Hall–Kier alpha value is -3.55. The number of hydrogen-bond donors (Lipinski definition) is 2. The van der Waals surface area contributed by atoms with E-state index in [-0.39, 0.29) is 17.0 Å². The van der Waals surface area contributed by atoms with Crippen LogP contribution in [0.2, 0.25) is 0 Å². The molecular weight excluding hydrogens is 433 g/mol. The van der Waals surface area contributed by atoms with Gasteiger partial charge in [-0.05, 0) is 55.7 Å². The van der Waals surface area contributed by atoms with Crippen molar-refractivity contribution in [3.63, 3.8) is 0 Å². The number of benzene rings is 2. The van der Waals surface area contributed by atoms with E-state index in [0.29, 0.717) is 41.8 Å². The Bertz CT molecular complexity index is 1180. The Morgan fingerprint density at radius 1 is 1.12 bits per heavy atom. The van der Waals surface area contributed by atoms with Crippen molar-refractivity contribution >= 4 is 17.4 Å². The van der Waals surface area contributed by atoms with E-state index in [4.69, 9.17) is 4.74 Å². The number of carbonyl (C=O) groups excluding carboxylic acids is 2. The van der Waals surface area contributed by atoms with Gasteiger partial charge >= 0.3 is 6.18 Å². The number of nitrogens with one attached hydrogen (secondary N) is 2. The molecule has 4 rings (SSSR count). The number of amides is 1. The number of alkyl halides is 3. The smallest absolute Gasteiger partial charge is 0.416 e. The zero-order chi connectivity index (χ0) is 23.8. The highest BCUT2D eigenvalue weighted by Crippen LogP contribution is 2.43. The van der Waals surface area contributed by atoms with Crippen molar-refractivity contribution in [1.29, 1.82) is 0 Å². The van der Waals surface area contributed by atoms with Crippen LogP contribution < -0.4 is 15.4 Å². The van der Waals surface area contributed by atoms with Crippen LogP contribution in [0.15, 0.2) is 71.1 Å². The fraction of sp³-hybridized carbons (Fsp3) is 0.280. The molecule has 2 aromatic carbocycles. The number of halogens is 3. The summed E-state index contributed by atoms with van der Waals surface area (Å²) >= 11 is 0. The van der Waals surface area contributed by atoms with Crippen molar-refractivity contribution in [2.45, 2.75) is 38.3 Å². The Morgan fingerprint density at radius 2 is 1.88 bits per heavy atom. The number of ketones is 1. The SMILES string of the molecule is COc1cccc([C@H]2C(C(=O)Nc3cccc(C(F)(F)F)c3)=C(C)NC3=C2C(=O)CCC3)c1. The summed E-state index contributed by atoms with van der Waals surface area (Å²) < 4.78 is 44.7. The minimum Gasteiger partial charge on any atom is -0.497 e. The van der Waals surface area contributed by atoms with Crippen LogP contribution in [-0.4, -0.2) is 18.8 Å². The second-order valence-corrected chi connectivity index (χ2v) is 8.07. The number of hydrogen-bond acceptors (Lipinski definition) is 4. The average molecular weight is 456 g/mol. The standard InChI is InChI=1S/C25H23F3N2O3/c1-14-21(24(32)30-17-8-4-7-16(13-17)25(26,27)28)22(15-6-3-9-18(12-15)33-2)23-19(29-14)10-5-11-20(23)31/h3-4,6-9,12-13,22,29H,5,10-11H2,1-2H3,(H,30,32)/t22-/m0/s1. The zero-order valence-electron chi connectivity index (χ0n) is 18.2. The predicted molar refractivity (Wildman–Crippen MR) is 118 cm³/mol. The molecule has 0 spiro atoms. The second kappa shape index (κ2) is 8.77. The monoisotopic (exact) mass is 456 g/mol. The van der Waals surface area contributed by atoms with Crippen LogP contribution in [0.5, 0.6) is 5.75 Å². The summed E-state index contributed by atoms with van der Waals surface area (Å²) in [7, 11) is 1.53. The quantitative estimate of drug-likeness (QED) is 0.654. The van der Waals surface area contributed by atoms with Gasteiger partial charge in [-0.15, -0.1) is 0 Å². The molecule has 1 amide bonds. The molecule has 33 heavy (non-hydrogen) atoms. The first-order valence-corrected chi connectivity index (χ1v) is 10.6. The highest BCUT2D eigenvalue weighted by molar-refractivity contribution is 6.09. The van der Waals surface area contributed by atoms with Crippen molar-refractivity contribution in [2.75, 3.05) is 12.4 Å². The highest BCUT2D eigenvalue weighted by Gasteiger charge is 2.38. The van der Waals surface area contributed by atoms with Gasteiger partial charge in [0.25, 0.3) is 5.91 Å². The van der Waals surface area contributed by atoms with E-state index in [9.17, 15) is 22.8 Å². The van der Waals surface area contributed by atoms with E-state index in [2.05, 4.69) is 10.6 Å². The maximum Gasteiger partial charge on any atom is 0.416 e. The lowest BCUT2D eigenvalue weighted by atomic mass is 9.75. The van der Waals surface area contributed by atoms with Crippen LogP contribution >= 0.6 is 0 Å². The maximum atomic E-state index is 13.4. The molecule has 8 heteroatoms. The molecule has 0 saturated carbocycles. The van der Waals surface area contributed by atoms with Gasteiger partial charge in [0.15, 0.2) is 5.78 Å². The zero-order valence-corrected chi connectivity index (χ0v) is 18.2. The number of rotatable bonds is 4. The van der Waals surface area contributed by atoms with E-state index in [1.165, 1.54) is 19.2 Å². The van der Waals surface area contributed by atoms with Crippen molar-refractivity contribution in [2.24, 2.45) is 0 Å². The third-order valence-electron chi connectivity index (χ3n) is 5.90. The number of Topliss-reactive ketones (excluding diaryl/α,β-unsaturated/α-hetero) is 1. The molecule has 0 unspecified atom stereocenters. The fourth-order valence-corrected chi connectivity index (χ4v) is 4.41. The molecule has 0 radical (unpaired) electrons. The van der Waals surface area contributed by atoms with E-state index < -0.39 is 23.6 Å². The summed E-state index contributed by atoms with van der Waals surface area (Å²) in [6.45, 7) is 1.73. The van der Waals surface area contributed by atoms with Gasteiger partial charge in [0.05, 0.1) is 12.7 Å². The lowest BCUT2D eigenvalue weighted by Gasteiger charge is -2.34. The lowest BCUT2D eigenvalue weighted by Crippen LogP contribution is -2.35. The van der Waals surface area contributed by atoms with Crippen LogP contribution in [0.3, 0.4) is 0 Å². The number of carbonyl (C=O) groups is 2.